The highest BCUT2D eigenvalue weighted by molar-refractivity contribution is 5.86. The van der Waals surface area contributed by atoms with Crippen molar-refractivity contribution in [3.63, 3.8) is 0 Å². The summed E-state index contributed by atoms with van der Waals surface area (Å²) in [4.78, 5) is 14.6. The quantitative estimate of drug-likeness (QED) is 0.691. The van der Waals surface area contributed by atoms with Crippen LogP contribution in [-0.4, -0.2) is 47.6 Å². The van der Waals surface area contributed by atoms with E-state index in [1.54, 1.807) is 0 Å². The molecule has 0 fully saturated rings. The third kappa shape index (κ3) is 6.00. The predicted molar refractivity (Wildman–Crippen MR) is 99.9 cm³/mol. The summed E-state index contributed by atoms with van der Waals surface area (Å²) < 4.78 is 0. The van der Waals surface area contributed by atoms with Crippen molar-refractivity contribution in [1.82, 2.24) is 10.2 Å². The van der Waals surface area contributed by atoms with Gasteiger partial charge in [-0.2, -0.15) is 0 Å². The molecule has 0 saturated heterocycles. The van der Waals surface area contributed by atoms with Crippen LogP contribution >= 0.6 is 0 Å². The van der Waals surface area contributed by atoms with Gasteiger partial charge in [-0.05, 0) is 32.4 Å². The molecule has 0 aliphatic heterocycles. The predicted octanol–water partition coefficient (Wildman–Crippen LogP) is 2.71. The minimum Gasteiger partial charge on any atom is -0.391 e. The average Bonchev–Trinajstić information content (AvgIpc) is 2.55. The number of aliphatic hydroxyl groups is 1. The number of ketones is 1. The zero-order valence-corrected chi connectivity index (χ0v) is 16.0. The molecule has 0 radical (unpaired) electrons. The van der Waals surface area contributed by atoms with E-state index >= 15 is 0 Å². The van der Waals surface area contributed by atoms with E-state index in [0.717, 1.165) is 6.54 Å². The molecule has 24 heavy (non-hydrogen) atoms. The number of rotatable bonds is 10. The van der Waals surface area contributed by atoms with Gasteiger partial charge >= 0.3 is 0 Å². The molecule has 136 valence electrons. The van der Waals surface area contributed by atoms with Crippen LogP contribution in [0.4, 0.5) is 0 Å². The Labute approximate surface area is 147 Å². The van der Waals surface area contributed by atoms with Crippen molar-refractivity contribution in [3.8, 4) is 0 Å². The molecule has 0 aliphatic carbocycles. The van der Waals surface area contributed by atoms with E-state index in [1.165, 1.54) is 5.56 Å². The summed E-state index contributed by atoms with van der Waals surface area (Å²) in [6, 6.07) is 9.93. The molecule has 0 spiro atoms. The number of carbonyl (C=O) groups is 1. The van der Waals surface area contributed by atoms with Crippen molar-refractivity contribution in [2.24, 2.45) is 11.8 Å². The Balaban J connectivity index is 2.67. The Kier molecular flexibility index (Phi) is 8.60. The number of carbonyl (C=O) groups excluding carboxylic acids is 1. The van der Waals surface area contributed by atoms with E-state index < -0.39 is 12.1 Å². The van der Waals surface area contributed by atoms with E-state index in [0.29, 0.717) is 6.54 Å². The van der Waals surface area contributed by atoms with Crippen molar-refractivity contribution >= 4 is 5.78 Å². The summed E-state index contributed by atoms with van der Waals surface area (Å²) in [7, 11) is 1.92. The third-order valence-electron chi connectivity index (χ3n) is 4.66. The number of hydrogen-bond acceptors (Lipinski definition) is 4. The van der Waals surface area contributed by atoms with Crippen LogP contribution in [0.15, 0.2) is 30.3 Å². The van der Waals surface area contributed by atoms with Crippen molar-refractivity contribution < 1.29 is 9.90 Å². The summed E-state index contributed by atoms with van der Waals surface area (Å²) in [5, 5.41) is 14.2. The van der Waals surface area contributed by atoms with E-state index in [9.17, 15) is 9.90 Å². The molecular weight excluding hydrogens is 300 g/mol. The van der Waals surface area contributed by atoms with E-state index in [-0.39, 0.29) is 23.7 Å². The maximum atomic E-state index is 12.6. The number of aliphatic hydroxyl groups excluding tert-OH is 1. The van der Waals surface area contributed by atoms with Crippen LogP contribution in [0.25, 0.3) is 0 Å². The van der Waals surface area contributed by atoms with Gasteiger partial charge in [0.1, 0.15) is 0 Å². The highest BCUT2D eigenvalue weighted by Crippen LogP contribution is 2.18. The summed E-state index contributed by atoms with van der Waals surface area (Å²) in [6.45, 7) is 11.3. The molecule has 0 aliphatic rings. The zero-order chi connectivity index (χ0) is 18.3. The summed E-state index contributed by atoms with van der Waals surface area (Å²) in [6.07, 6.45) is -0.685. The Bertz CT molecular complexity index is 488. The fourth-order valence-corrected chi connectivity index (χ4v) is 2.74. The monoisotopic (exact) mass is 334 g/mol. The second kappa shape index (κ2) is 9.92. The number of likely N-dealkylation sites (N-methyl/N-ethyl adjacent to an activating group) is 1. The van der Waals surface area contributed by atoms with Crippen molar-refractivity contribution in [2.45, 2.75) is 59.4 Å². The summed E-state index contributed by atoms with van der Waals surface area (Å²) in [5.74, 6) is 0.00606. The second-order valence-corrected chi connectivity index (χ2v) is 7.35. The molecule has 3 atom stereocenters. The third-order valence-corrected chi connectivity index (χ3v) is 4.66. The number of nitrogens with zero attached hydrogens (tertiary/aromatic N) is 1. The van der Waals surface area contributed by atoms with E-state index in [4.69, 9.17) is 0 Å². The number of Topliss-reactive ketones (excluding diaryl/α,β-unsaturated/α-hetero) is 1. The molecular formula is C20H34N2O2. The molecule has 1 rings (SSSR count). The minimum absolute atomic E-state index is 0.0115. The fourth-order valence-electron chi connectivity index (χ4n) is 2.74. The van der Waals surface area contributed by atoms with E-state index in [2.05, 4.69) is 17.4 Å². The number of benzene rings is 1. The van der Waals surface area contributed by atoms with Crippen molar-refractivity contribution in [2.75, 3.05) is 13.6 Å². The van der Waals surface area contributed by atoms with Gasteiger partial charge in [0.05, 0.1) is 12.1 Å². The van der Waals surface area contributed by atoms with Crippen LogP contribution < -0.4 is 5.32 Å². The van der Waals surface area contributed by atoms with Crippen LogP contribution in [0.2, 0.25) is 0 Å². The van der Waals surface area contributed by atoms with Crippen molar-refractivity contribution in [1.29, 1.82) is 0 Å². The molecule has 0 unspecified atom stereocenters. The molecule has 0 bridgehead atoms. The van der Waals surface area contributed by atoms with Gasteiger partial charge < -0.3 is 10.4 Å². The van der Waals surface area contributed by atoms with Gasteiger partial charge in [-0.3, -0.25) is 9.69 Å². The Morgan fingerprint density at radius 3 is 2.21 bits per heavy atom. The maximum absolute atomic E-state index is 12.6. The van der Waals surface area contributed by atoms with Crippen LogP contribution in [-0.2, 0) is 11.3 Å². The first-order valence-electron chi connectivity index (χ1n) is 8.94. The van der Waals surface area contributed by atoms with Crippen LogP contribution in [0.1, 0.15) is 40.2 Å². The molecule has 0 saturated carbocycles. The SMILES string of the molecule is CC(C)C(=O)[C@H]([C@H](O)[C@H](C)CNCc1ccccc1)N(C)C(C)C. The van der Waals surface area contributed by atoms with Crippen LogP contribution in [0, 0.1) is 11.8 Å². The van der Waals surface area contributed by atoms with Crippen molar-refractivity contribution in [3.05, 3.63) is 35.9 Å². The summed E-state index contributed by atoms with van der Waals surface area (Å²) in [5.41, 5.74) is 1.22. The minimum atomic E-state index is -0.685. The first-order valence-corrected chi connectivity index (χ1v) is 8.94. The van der Waals surface area contributed by atoms with Gasteiger partial charge in [-0.15, -0.1) is 0 Å². The van der Waals surface area contributed by atoms with Gasteiger partial charge in [-0.1, -0.05) is 51.1 Å². The molecule has 1 aromatic rings. The Hall–Kier alpha value is -1.23. The normalized spacial score (nSPS) is 15.8. The fraction of sp³-hybridized carbons (Fsp3) is 0.650. The number of nitrogens with one attached hydrogen (secondary N) is 1. The first kappa shape index (κ1) is 20.8. The average molecular weight is 335 g/mol. The highest BCUT2D eigenvalue weighted by Gasteiger charge is 2.35. The lowest BCUT2D eigenvalue weighted by atomic mass is 9.89. The van der Waals surface area contributed by atoms with Gasteiger partial charge in [0.2, 0.25) is 0 Å². The standard InChI is InChI=1S/C20H34N2O2/c1-14(2)19(23)18(22(6)15(3)4)20(24)16(5)12-21-13-17-10-8-7-9-11-17/h7-11,14-16,18,20-21,24H,12-13H2,1-6H3/t16-,18-,20-/m1/s1. The lowest BCUT2D eigenvalue weighted by Crippen LogP contribution is -2.54. The summed E-state index contributed by atoms with van der Waals surface area (Å²) >= 11 is 0. The topological polar surface area (TPSA) is 52.6 Å². The lowest BCUT2D eigenvalue weighted by Gasteiger charge is -2.37. The molecule has 4 nitrogen and oxygen atoms in total. The molecule has 0 aromatic heterocycles. The molecule has 1 aromatic carbocycles. The highest BCUT2D eigenvalue weighted by atomic mass is 16.3. The van der Waals surface area contributed by atoms with Crippen LogP contribution in [0.3, 0.4) is 0 Å². The molecule has 0 heterocycles. The maximum Gasteiger partial charge on any atom is 0.155 e. The zero-order valence-electron chi connectivity index (χ0n) is 16.0. The second-order valence-electron chi connectivity index (χ2n) is 7.35. The largest absolute Gasteiger partial charge is 0.391 e. The lowest BCUT2D eigenvalue weighted by molar-refractivity contribution is -0.133. The van der Waals surface area contributed by atoms with Gasteiger partial charge in [0, 0.05) is 25.0 Å². The Morgan fingerprint density at radius 1 is 1.12 bits per heavy atom. The van der Waals surface area contributed by atoms with Gasteiger partial charge in [0.25, 0.3) is 0 Å². The Morgan fingerprint density at radius 2 is 1.71 bits per heavy atom. The van der Waals surface area contributed by atoms with E-state index in [1.807, 2.05) is 64.8 Å². The van der Waals surface area contributed by atoms with Gasteiger partial charge in [-0.25, -0.2) is 0 Å². The number of hydrogen-bond donors (Lipinski definition) is 2. The molecule has 0 amide bonds. The molecule has 4 heteroatoms. The smallest absolute Gasteiger partial charge is 0.155 e. The van der Waals surface area contributed by atoms with Gasteiger partial charge in [0.15, 0.2) is 5.78 Å². The van der Waals surface area contributed by atoms with Crippen LogP contribution in [0.5, 0.6) is 0 Å². The molecule has 2 N–H and O–H groups in total. The first-order chi connectivity index (χ1) is 11.3.